The van der Waals surface area contributed by atoms with Crippen LogP contribution in [-0.4, -0.2) is 31.8 Å². The Hall–Kier alpha value is -2.81. The van der Waals surface area contributed by atoms with Gasteiger partial charge in [0.25, 0.3) is 0 Å². The number of nitrogens with one attached hydrogen (secondary N) is 1. The lowest BCUT2D eigenvalue weighted by Gasteiger charge is -2.08. The molecule has 1 fully saturated rings. The van der Waals surface area contributed by atoms with Gasteiger partial charge in [0.15, 0.2) is 0 Å². The number of nitrogens with two attached hydrogens (primary N) is 1. The van der Waals surface area contributed by atoms with Crippen LogP contribution in [0.4, 0.5) is 11.8 Å². The molecule has 3 aromatic heterocycles. The largest absolute Gasteiger partial charge is 0.477 e. The molecular weight excluding hydrogens is 350 g/mol. The molecule has 0 bridgehead atoms. The predicted octanol–water partition coefficient (Wildman–Crippen LogP) is 2.41. The molecule has 0 unspecified atom stereocenters. The topological polar surface area (TPSA) is 112 Å². The molecule has 3 aromatic rings. The van der Waals surface area contributed by atoms with Crippen LogP contribution in [0.3, 0.4) is 0 Å². The maximum atomic E-state index is 5.84. The molecule has 0 saturated heterocycles. The van der Waals surface area contributed by atoms with Gasteiger partial charge in [0.05, 0.1) is 13.2 Å². The molecule has 26 heavy (non-hydrogen) atoms. The molecule has 1 aliphatic rings. The molecule has 3 heterocycles. The standard InChI is InChI=1S/C17H19N7OS/c1-10-23-24-16(26-10)8-20-14-7-15(22-17(18)21-14)25-9-11-6-12(11)13-4-2-3-5-19-13/h2-5,7,11-12H,6,8-9H2,1H3,(H3,18,20,21,22)/t11-,12+/m1/s1. The summed E-state index contributed by atoms with van der Waals surface area (Å²) in [5, 5.41) is 13.1. The Morgan fingerprint density at radius 3 is 3.00 bits per heavy atom. The number of nitrogen functional groups attached to an aromatic ring is 1. The van der Waals surface area contributed by atoms with Crippen molar-refractivity contribution < 1.29 is 4.74 Å². The zero-order valence-electron chi connectivity index (χ0n) is 14.3. The maximum absolute atomic E-state index is 5.84. The maximum Gasteiger partial charge on any atom is 0.225 e. The molecule has 0 aromatic carbocycles. The zero-order chi connectivity index (χ0) is 17.9. The lowest BCUT2D eigenvalue weighted by atomic mass is 10.2. The summed E-state index contributed by atoms with van der Waals surface area (Å²) in [7, 11) is 0. The van der Waals surface area contributed by atoms with Gasteiger partial charge < -0.3 is 15.8 Å². The summed E-state index contributed by atoms with van der Waals surface area (Å²) in [6, 6.07) is 7.76. The summed E-state index contributed by atoms with van der Waals surface area (Å²) >= 11 is 1.54. The van der Waals surface area contributed by atoms with Gasteiger partial charge in [-0.15, -0.1) is 10.2 Å². The first kappa shape index (κ1) is 16.6. The quantitative estimate of drug-likeness (QED) is 0.653. The fourth-order valence-corrected chi connectivity index (χ4v) is 3.41. The first-order valence-corrected chi connectivity index (χ1v) is 9.20. The second-order valence-corrected chi connectivity index (χ2v) is 7.45. The van der Waals surface area contributed by atoms with E-state index >= 15 is 0 Å². The molecule has 1 saturated carbocycles. The van der Waals surface area contributed by atoms with Gasteiger partial charge in [0, 0.05) is 29.8 Å². The molecule has 8 nitrogen and oxygen atoms in total. The molecule has 0 spiro atoms. The zero-order valence-corrected chi connectivity index (χ0v) is 15.1. The Labute approximate surface area is 154 Å². The normalized spacial score (nSPS) is 18.5. The van der Waals surface area contributed by atoms with Gasteiger partial charge in [0.1, 0.15) is 15.8 Å². The molecular formula is C17H19N7OS. The molecule has 3 N–H and O–H groups in total. The van der Waals surface area contributed by atoms with Crippen molar-refractivity contribution in [3.63, 3.8) is 0 Å². The third kappa shape index (κ3) is 4.05. The summed E-state index contributed by atoms with van der Waals surface area (Å²) in [5.74, 6) is 2.18. The molecule has 134 valence electrons. The predicted molar refractivity (Wildman–Crippen MR) is 99.0 cm³/mol. The first-order chi connectivity index (χ1) is 12.7. The van der Waals surface area contributed by atoms with E-state index < -0.39 is 0 Å². The highest BCUT2D eigenvalue weighted by molar-refractivity contribution is 7.11. The smallest absolute Gasteiger partial charge is 0.225 e. The Kier molecular flexibility index (Phi) is 4.61. The Morgan fingerprint density at radius 2 is 2.23 bits per heavy atom. The molecule has 4 rings (SSSR count). The fourth-order valence-electron chi connectivity index (χ4n) is 2.76. The molecule has 2 atom stereocenters. The Morgan fingerprint density at radius 1 is 1.31 bits per heavy atom. The summed E-state index contributed by atoms with van der Waals surface area (Å²) in [6.45, 7) is 3.05. The van der Waals surface area contributed by atoms with E-state index in [9.17, 15) is 0 Å². The minimum atomic E-state index is 0.176. The van der Waals surface area contributed by atoms with Crippen LogP contribution in [0.2, 0.25) is 0 Å². The SMILES string of the molecule is Cc1nnc(CNc2cc(OC[C@H]3C[C@@H]3c3ccccn3)nc(N)n2)s1. The third-order valence-electron chi connectivity index (χ3n) is 4.14. The van der Waals surface area contributed by atoms with E-state index in [0.29, 0.717) is 36.7 Å². The van der Waals surface area contributed by atoms with E-state index in [0.717, 1.165) is 22.1 Å². The second kappa shape index (κ2) is 7.20. The molecule has 1 aliphatic carbocycles. The van der Waals surface area contributed by atoms with Crippen molar-refractivity contribution in [2.24, 2.45) is 5.92 Å². The highest BCUT2D eigenvalue weighted by Crippen LogP contribution is 2.46. The van der Waals surface area contributed by atoms with Crippen molar-refractivity contribution in [3.05, 3.63) is 46.2 Å². The minimum Gasteiger partial charge on any atom is -0.477 e. The highest BCUT2D eigenvalue weighted by atomic mass is 32.1. The average Bonchev–Trinajstić information content (AvgIpc) is 3.31. The number of aryl methyl sites for hydroxylation is 1. The van der Waals surface area contributed by atoms with Gasteiger partial charge in [-0.2, -0.15) is 9.97 Å². The van der Waals surface area contributed by atoms with Gasteiger partial charge in [-0.05, 0) is 25.5 Å². The van der Waals surface area contributed by atoms with Crippen molar-refractivity contribution in [3.8, 4) is 5.88 Å². The van der Waals surface area contributed by atoms with Crippen molar-refractivity contribution in [1.29, 1.82) is 0 Å². The van der Waals surface area contributed by atoms with Crippen LogP contribution in [0.5, 0.6) is 5.88 Å². The van der Waals surface area contributed by atoms with Crippen LogP contribution in [0.1, 0.15) is 28.0 Å². The third-order valence-corrected chi connectivity index (χ3v) is 4.98. The molecule has 0 radical (unpaired) electrons. The lowest BCUT2D eigenvalue weighted by Crippen LogP contribution is -2.08. The Balaban J connectivity index is 1.33. The van der Waals surface area contributed by atoms with Gasteiger partial charge in [-0.25, -0.2) is 0 Å². The number of aromatic nitrogens is 5. The van der Waals surface area contributed by atoms with E-state index in [4.69, 9.17) is 10.5 Å². The number of pyridine rings is 1. The van der Waals surface area contributed by atoms with Crippen molar-refractivity contribution >= 4 is 23.1 Å². The van der Waals surface area contributed by atoms with E-state index in [1.54, 1.807) is 6.07 Å². The fraction of sp³-hybridized carbons (Fsp3) is 0.353. The number of rotatable bonds is 7. The van der Waals surface area contributed by atoms with Gasteiger partial charge >= 0.3 is 0 Å². The van der Waals surface area contributed by atoms with Crippen LogP contribution in [0.25, 0.3) is 0 Å². The van der Waals surface area contributed by atoms with E-state index in [-0.39, 0.29) is 5.95 Å². The van der Waals surface area contributed by atoms with Crippen LogP contribution in [0.15, 0.2) is 30.5 Å². The number of nitrogens with zero attached hydrogens (tertiary/aromatic N) is 5. The minimum absolute atomic E-state index is 0.176. The van der Waals surface area contributed by atoms with Gasteiger partial charge in [-0.3, -0.25) is 4.98 Å². The van der Waals surface area contributed by atoms with Crippen LogP contribution in [-0.2, 0) is 6.54 Å². The average molecular weight is 369 g/mol. The summed E-state index contributed by atoms with van der Waals surface area (Å²) in [4.78, 5) is 12.7. The summed E-state index contributed by atoms with van der Waals surface area (Å²) in [5.41, 5.74) is 6.92. The number of ether oxygens (including phenoxy) is 1. The van der Waals surface area contributed by atoms with Crippen LogP contribution < -0.4 is 15.8 Å². The molecule has 9 heteroatoms. The molecule has 0 amide bonds. The number of hydrogen-bond donors (Lipinski definition) is 2. The highest BCUT2D eigenvalue weighted by Gasteiger charge is 2.39. The molecule has 0 aliphatic heterocycles. The summed E-state index contributed by atoms with van der Waals surface area (Å²) in [6.07, 6.45) is 2.91. The number of anilines is 2. The van der Waals surface area contributed by atoms with Gasteiger partial charge in [0.2, 0.25) is 11.8 Å². The van der Waals surface area contributed by atoms with Crippen LogP contribution >= 0.6 is 11.3 Å². The Bertz CT molecular complexity index is 886. The second-order valence-electron chi connectivity index (χ2n) is 6.19. The summed E-state index contributed by atoms with van der Waals surface area (Å²) < 4.78 is 5.84. The monoisotopic (exact) mass is 369 g/mol. The van der Waals surface area contributed by atoms with Crippen molar-refractivity contribution in [1.82, 2.24) is 25.1 Å². The van der Waals surface area contributed by atoms with E-state index in [2.05, 4.69) is 36.5 Å². The number of hydrogen-bond acceptors (Lipinski definition) is 9. The van der Waals surface area contributed by atoms with Crippen LogP contribution in [0, 0.1) is 12.8 Å². The van der Waals surface area contributed by atoms with E-state index in [1.165, 1.54) is 11.3 Å². The van der Waals surface area contributed by atoms with E-state index in [1.807, 2.05) is 25.3 Å². The van der Waals surface area contributed by atoms with Crippen molar-refractivity contribution in [2.75, 3.05) is 17.7 Å². The first-order valence-electron chi connectivity index (χ1n) is 8.38. The van der Waals surface area contributed by atoms with Crippen molar-refractivity contribution in [2.45, 2.75) is 25.8 Å². The lowest BCUT2D eigenvalue weighted by molar-refractivity contribution is 0.285. The van der Waals surface area contributed by atoms with Gasteiger partial charge in [-0.1, -0.05) is 17.4 Å².